The molecule has 0 aliphatic heterocycles. The van der Waals surface area contributed by atoms with Crippen molar-refractivity contribution in [3.8, 4) is 0 Å². The van der Waals surface area contributed by atoms with E-state index in [0.717, 1.165) is 6.42 Å². The predicted molar refractivity (Wildman–Crippen MR) is 71.3 cm³/mol. The number of carbonyl (C=O) groups excluding carboxylic acids is 1. The van der Waals surface area contributed by atoms with E-state index in [1.165, 1.54) is 0 Å². The normalized spacial score (nSPS) is 11.5. The topological polar surface area (TPSA) is 46.9 Å². The smallest absolute Gasteiger partial charge is 0.270 e. The first-order chi connectivity index (χ1) is 7.58. The standard InChI is InChI=1S/C10H15Br2N3O/c1-3-10(5-11,6-12)14-9(16)8-4-13-7-15(8)2/h4,7H,3,5-6H2,1-2H3,(H,14,16). The van der Waals surface area contributed by atoms with Gasteiger partial charge in [-0.05, 0) is 6.42 Å². The van der Waals surface area contributed by atoms with Gasteiger partial charge in [-0.2, -0.15) is 0 Å². The molecule has 1 amide bonds. The van der Waals surface area contributed by atoms with Crippen molar-refractivity contribution >= 4 is 37.8 Å². The number of carbonyl (C=O) groups is 1. The molecule has 0 atom stereocenters. The fraction of sp³-hybridized carbons (Fsp3) is 0.600. The van der Waals surface area contributed by atoms with E-state index in [2.05, 4.69) is 42.2 Å². The molecule has 1 aromatic rings. The van der Waals surface area contributed by atoms with Crippen LogP contribution in [0.25, 0.3) is 0 Å². The molecule has 1 N–H and O–H groups in total. The molecule has 1 heterocycles. The molecule has 0 bridgehead atoms. The summed E-state index contributed by atoms with van der Waals surface area (Å²) in [6.45, 7) is 2.05. The maximum absolute atomic E-state index is 12.0. The lowest BCUT2D eigenvalue weighted by Crippen LogP contribution is -2.51. The fourth-order valence-corrected chi connectivity index (χ4v) is 3.26. The third-order valence-corrected chi connectivity index (χ3v) is 4.76. The summed E-state index contributed by atoms with van der Waals surface area (Å²) in [4.78, 5) is 15.9. The summed E-state index contributed by atoms with van der Waals surface area (Å²) >= 11 is 6.87. The Labute approximate surface area is 112 Å². The number of rotatable bonds is 5. The van der Waals surface area contributed by atoms with Gasteiger partial charge in [-0.15, -0.1) is 0 Å². The van der Waals surface area contributed by atoms with Crippen LogP contribution in [0.5, 0.6) is 0 Å². The third-order valence-electron chi connectivity index (χ3n) is 2.62. The summed E-state index contributed by atoms with van der Waals surface area (Å²) in [5, 5.41) is 4.46. The lowest BCUT2D eigenvalue weighted by Gasteiger charge is -2.29. The van der Waals surface area contributed by atoms with E-state index in [9.17, 15) is 4.79 Å². The van der Waals surface area contributed by atoms with E-state index < -0.39 is 0 Å². The van der Waals surface area contributed by atoms with Crippen molar-refractivity contribution in [2.24, 2.45) is 7.05 Å². The molecule has 0 aliphatic carbocycles. The molecule has 1 aromatic heterocycles. The van der Waals surface area contributed by atoms with E-state index in [0.29, 0.717) is 16.4 Å². The maximum atomic E-state index is 12.0. The van der Waals surface area contributed by atoms with Crippen molar-refractivity contribution in [2.45, 2.75) is 18.9 Å². The molecule has 0 unspecified atom stereocenters. The predicted octanol–water partition coefficient (Wildman–Crippen LogP) is 2.09. The van der Waals surface area contributed by atoms with Crippen LogP contribution in [0, 0.1) is 0 Å². The molecule has 16 heavy (non-hydrogen) atoms. The van der Waals surface area contributed by atoms with Crippen LogP contribution < -0.4 is 5.32 Å². The fourth-order valence-electron chi connectivity index (χ4n) is 1.26. The van der Waals surface area contributed by atoms with Crippen LogP contribution in [-0.2, 0) is 7.05 Å². The second kappa shape index (κ2) is 5.82. The molecule has 0 aliphatic rings. The van der Waals surface area contributed by atoms with Crippen LogP contribution in [0.3, 0.4) is 0 Å². The molecule has 90 valence electrons. The van der Waals surface area contributed by atoms with Gasteiger partial charge < -0.3 is 9.88 Å². The molecule has 0 saturated carbocycles. The zero-order valence-corrected chi connectivity index (χ0v) is 12.5. The van der Waals surface area contributed by atoms with Gasteiger partial charge in [0.2, 0.25) is 0 Å². The summed E-state index contributed by atoms with van der Waals surface area (Å²) in [6, 6.07) is 0. The SMILES string of the molecule is CCC(CBr)(CBr)NC(=O)c1cncn1C. The van der Waals surface area contributed by atoms with Gasteiger partial charge in [0.05, 0.1) is 18.1 Å². The van der Waals surface area contributed by atoms with Crippen LogP contribution in [0.15, 0.2) is 12.5 Å². The van der Waals surface area contributed by atoms with Crippen LogP contribution in [-0.4, -0.2) is 31.7 Å². The Balaban J connectivity index is 2.81. The molecule has 6 heteroatoms. The quantitative estimate of drug-likeness (QED) is 0.825. The number of hydrogen-bond acceptors (Lipinski definition) is 2. The highest BCUT2D eigenvalue weighted by atomic mass is 79.9. The van der Waals surface area contributed by atoms with Gasteiger partial charge in [0, 0.05) is 17.7 Å². The Morgan fingerprint density at radius 3 is 2.56 bits per heavy atom. The Morgan fingerprint density at radius 2 is 2.19 bits per heavy atom. The number of aryl methyl sites for hydroxylation is 1. The summed E-state index contributed by atoms with van der Waals surface area (Å²) < 4.78 is 1.71. The van der Waals surface area contributed by atoms with Gasteiger partial charge >= 0.3 is 0 Å². The summed E-state index contributed by atoms with van der Waals surface area (Å²) in [7, 11) is 1.80. The van der Waals surface area contributed by atoms with E-state index in [4.69, 9.17) is 0 Å². The first-order valence-electron chi connectivity index (χ1n) is 4.99. The molecule has 0 fully saturated rings. The van der Waals surface area contributed by atoms with Crippen LogP contribution >= 0.6 is 31.9 Å². The van der Waals surface area contributed by atoms with Crippen LogP contribution in [0.1, 0.15) is 23.8 Å². The number of aromatic nitrogens is 2. The van der Waals surface area contributed by atoms with Gasteiger partial charge in [0.25, 0.3) is 5.91 Å². The lowest BCUT2D eigenvalue weighted by atomic mass is 10.0. The molecular weight excluding hydrogens is 338 g/mol. The van der Waals surface area contributed by atoms with Crippen LogP contribution in [0.4, 0.5) is 0 Å². The maximum Gasteiger partial charge on any atom is 0.270 e. The zero-order valence-electron chi connectivity index (χ0n) is 9.33. The molecule has 0 radical (unpaired) electrons. The van der Waals surface area contributed by atoms with Gasteiger partial charge in [-0.25, -0.2) is 4.98 Å². The Morgan fingerprint density at radius 1 is 1.56 bits per heavy atom. The number of alkyl halides is 2. The van der Waals surface area contributed by atoms with Gasteiger partial charge in [0.1, 0.15) is 5.69 Å². The summed E-state index contributed by atoms with van der Waals surface area (Å²) in [5.41, 5.74) is 0.321. The lowest BCUT2D eigenvalue weighted by molar-refractivity contribution is 0.0907. The average Bonchev–Trinajstić information content (AvgIpc) is 2.72. The monoisotopic (exact) mass is 351 g/mol. The van der Waals surface area contributed by atoms with Crippen molar-refractivity contribution in [2.75, 3.05) is 10.7 Å². The number of amides is 1. The van der Waals surface area contributed by atoms with Gasteiger partial charge in [-0.3, -0.25) is 4.79 Å². The first kappa shape index (κ1) is 13.7. The molecule has 0 spiro atoms. The van der Waals surface area contributed by atoms with Crippen molar-refractivity contribution < 1.29 is 4.79 Å². The van der Waals surface area contributed by atoms with E-state index in [-0.39, 0.29) is 11.4 Å². The number of imidazole rings is 1. The highest BCUT2D eigenvalue weighted by Gasteiger charge is 2.28. The van der Waals surface area contributed by atoms with Gasteiger partial charge in [-0.1, -0.05) is 38.8 Å². The van der Waals surface area contributed by atoms with E-state index in [1.54, 1.807) is 24.1 Å². The van der Waals surface area contributed by atoms with Gasteiger partial charge in [0.15, 0.2) is 0 Å². The summed E-state index contributed by atoms with van der Waals surface area (Å²) in [6.07, 6.45) is 4.04. The molecule has 1 rings (SSSR count). The second-order valence-corrected chi connectivity index (χ2v) is 4.87. The van der Waals surface area contributed by atoms with E-state index in [1.807, 2.05) is 6.92 Å². The van der Waals surface area contributed by atoms with Crippen molar-refractivity contribution in [3.63, 3.8) is 0 Å². The largest absolute Gasteiger partial charge is 0.344 e. The minimum absolute atomic E-state index is 0.0965. The minimum Gasteiger partial charge on any atom is -0.344 e. The number of nitrogens with one attached hydrogen (secondary N) is 1. The number of hydrogen-bond donors (Lipinski definition) is 1. The van der Waals surface area contributed by atoms with Crippen molar-refractivity contribution in [1.29, 1.82) is 0 Å². The molecule has 0 saturated heterocycles. The van der Waals surface area contributed by atoms with Crippen molar-refractivity contribution in [1.82, 2.24) is 14.9 Å². The zero-order chi connectivity index (χ0) is 12.2. The molecular formula is C10H15Br2N3O. The minimum atomic E-state index is -0.249. The van der Waals surface area contributed by atoms with Crippen molar-refractivity contribution in [3.05, 3.63) is 18.2 Å². The Kier molecular flexibility index (Phi) is 4.98. The molecule has 4 nitrogen and oxygen atoms in total. The third kappa shape index (κ3) is 2.85. The number of nitrogens with zero attached hydrogens (tertiary/aromatic N) is 2. The highest BCUT2D eigenvalue weighted by Crippen LogP contribution is 2.17. The van der Waals surface area contributed by atoms with Crippen LogP contribution in [0.2, 0.25) is 0 Å². The Bertz CT molecular complexity index is 352. The average molecular weight is 353 g/mol. The summed E-state index contributed by atoms with van der Waals surface area (Å²) in [5.74, 6) is -0.0965. The number of halogens is 2. The highest BCUT2D eigenvalue weighted by molar-refractivity contribution is 9.09. The first-order valence-corrected chi connectivity index (χ1v) is 7.23. The second-order valence-electron chi connectivity index (χ2n) is 3.75. The molecule has 0 aromatic carbocycles. The Hall–Kier alpha value is -0.360. The van der Waals surface area contributed by atoms with E-state index >= 15 is 0 Å².